The molecule has 0 saturated carbocycles. The molecule has 1 unspecified atom stereocenters. The Bertz CT molecular complexity index is 1170. The van der Waals surface area contributed by atoms with E-state index in [1.807, 2.05) is 42.5 Å². The van der Waals surface area contributed by atoms with Crippen LogP contribution in [-0.4, -0.2) is 52.7 Å². The molecule has 2 N–H and O–H groups in total. The Kier molecular flexibility index (Phi) is 7.47. The number of aliphatic hydroxyl groups excluding tert-OH is 2. The van der Waals surface area contributed by atoms with Gasteiger partial charge in [0.1, 0.15) is 18.9 Å². The normalized spacial score (nSPS) is 14.4. The minimum atomic E-state index is -1.06. The number of amides is 2. The maximum atomic E-state index is 13.5. The highest BCUT2D eigenvalue weighted by atomic mass is 35.5. The number of nitrogens with zero attached hydrogens (tertiary/aromatic N) is 2. The summed E-state index contributed by atoms with van der Waals surface area (Å²) < 4.78 is 5.79. The summed E-state index contributed by atoms with van der Waals surface area (Å²) >= 11 is 6.46. The van der Waals surface area contributed by atoms with Crippen LogP contribution in [0, 0.1) is 0 Å². The van der Waals surface area contributed by atoms with Gasteiger partial charge < -0.3 is 19.8 Å². The van der Waals surface area contributed by atoms with E-state index in [4.69, 9.17) is 16.3 Å². The van der Waals surface area contributed by atoms with Crippen LogP contribution in [0.1, 0.15) is 21.5 Å². The van der Waals surface area contributed by atoms with E-state index in [9.17, 15) is 19.8 Å². The first-order chi connectivity index (χ1) is 16.5. The summed E-state index contributed by atoms with van der Waals surface area (Å²) in [5.41, 5.74) is 2.61. The molecule has 0 bridgehead atoms. The zero-order chi connectivity index (χ0) is 24.1. The lowest BCUT2D eigenvalue weighted by Gasteiger charge is -2.24. The van der Waals surface area contributed by atoms with Gasteiger partial charge in [0.15, 0.2) is 0 Å². The van der Waals surface area contributed by atoms with Crippen LogP contribution in [0.3, 0.4) is 0 Å². The van der Waals surface area contributed by atoms with Crippen molar-refractivity contribution in [2.75, 3.05) is 24.6 Å². The second-order valence-electron chi connectivity index (χ2n) is 8.05. The molecule has 0 aromatic heterocycles. The molecule has 0 spiro atoms. The Morgan fingerprint density at radius 2 is 1.76 bits per heavy atom. The second kappa shape index (κ2) is 10.7. The maximum absolute atomic E-state index is 13.5. The summed E-state index contributed by atoms with van der Waals surface area (Å²) in [6, 6.07) is 21.8. The van der Waals surface area contributed by atoms with Gasteiger partial charge in [0.2, 0.25) is 5.91 Å². The van der Waals surface area contributed by atoms with Crippen molar-refractivity contribution in [1.82, 2.24) is 4.90 Å². The summed E-state index contributed by atoms with van der Waals surface area (Å²) in [6.07, 6.45) is -1.06. The second-order valence-corrected chi connectivity index (χ2v) is 8.45. The smallest absolute Gasteiger partial charge is 0.260 e. The molecule has 176 valence electrons. The molecule has 1 atom stereocenters. The number of para-hydroxylation sites is 1. The third-order valence-electron chi connectivity index (χ3n) is 5.60. The number of hydrogen-bond acceptors (Lipinski definition) is 5. The van der Waals surface area contributed by atoms with Crippen molar-refractivity contribution in [3.63, 3.8) is 0 Å². The standard InChI is InChI=1S/C26H25ClN2O5/c27-23-12-21(34-17-18-6-2-1-3-7-18)10-11-22(23)26(33)29-15-25(32)28(14-20(31)16-30)13-19-8-4-5-9-24(19)29/h1-12,20,30-31H,13-17H2. The fourth-order valence-electron chi connectivity index (χ4n) is 3.83. The van der Waals surface area contributed by atoms with Crippen LogP contribution in [0.2, 0.25) is 5.02 Å². The number of fused-ring (bicyclic) bond motifs is 1. The number of hydrogen-bond donors (Lipinski definition) is 2. The number of carbonyl (C=O) groups is 2. The number of anilines is 1. The Hall–Kier alpha value is -3.39. The average molecular weight is 481 g/mol. The zero-order valence-electron chi connectivity index (χ0n) is 18.4. The van der Waals surface area contributed by atoms with Crippen LogP contribution in [0.4, 0.5) is 5.69 Å². The molecule has 3 aromatic rings. The van der Waals surface area contributed by atoms with Crippen LogP contribution >= 0.6 is 11.6 Å². The highest BCUT2D eigenvalue weighted by Crippen LogP contribution is 2.30. The quantitative estimate of drug-likeness (QED) is 0.541. The summed E-state index contributed by atoms with van der Waals surface area (Å²) in [5, 5.41) is 19.3. The highest BCUT2D eigenvalue weighted by molar-refractivity contribution is 6.34. The number of benzene rings is 3. The molecular weight excluding hydrogens is 456 g/mol. The molecular formula is C26H25ClN2O5. The fraction of sp³-hybridized carbons (Fsp3) is 0.231. The minimum absolute atomic E-state index is 0.0279. The zero-order valence-corrected chi connectivity index (χ0v) is 19.2. The van der Waals surface area contributed by atoms with Crippen molar-refractivity contribution in [2.24, 2.45) is 0 Å². The molecule has 0 fully saturated rings. The number of rotatable bonds is 7. The van der Waals surface area contributed by atoms with Gasteiger partial charge in [0.25, 0.3) is 5.91 Å². The van der Waals surface area contributed by atoms with E-state index in [0.29, 0.717) is 18.0 Å². The largest absolute Gasteiger partial charge is 0.489 e. The molecule has 7 nitrogen and oxygen atoms in total. The number of β-amino-alcohol motifs (C(OH)–C–C–N with tert-alkyl or cyclic N) is 1. The van der Waals surface area contributed by atoms with Gasteiger partial charge in [-0.05, 0) is 35.4 Å². The summed E-state index contributed by atoms with van der Waals surface area (Å²) in [4.78, 5) is 29.3. The van der Waals surface area contributed by atoms with E-state index in [2.05, 4.69) is 0 Å². The molecule has 1 aliphatic heterocycles. The van der Waals surface area contributed by atoms with E-state index < -0.39 is 18.6 Å². The molecule has 0 radical (unpaired) electrons. The van der Waals surface area contributed by atoms with Gasteiger partial charge in [-0.2, -0.15) is 0 Å². The van der Waals surface area contributed by atoms with Crippen LogP contribution < -0.4 is 9.64 Å². The van der Waals surface area contributed by atoms with Gasteiger partial charge >= 0.3 is 0 Å². The van der Waals surface area contributed by atoms with Gasteiger partial charge in [-0.15, -0.1) is 0 Å². The van der Waals surface area contributed by atoms with Crippen molar-refractivity contribution < 1.29 is 24.5 Å². The van der Waals surface area contributed by atoms with E-state index >= 15 is 0 Å². The predicted octanol–water partition coefficient (Wildman–Crippen LogP) is 3.26. The lowest BCUT2D eigenvalue weighted by atomic mass is 10.1. The predicted molar refractivity (Wildman–Crippen MR) is 129 cm³/mol. The summed E-state index contributed by atoms with van der Waals surface area (Å²) in [5.74, 6) is -0.220. The number of aliphatic hydroxyl groups is 2. The molecule has 3 aromatic carbocycles. The van der Waals surface area contributed by atoms with E-state index in [-0.39, 0.29) is 36.1 Å². The van der Waals surface area contributed by atoms with Gasteiger partial charge in [0.05, 0.1) is 23.3 Å². The Labute approximate surface area is 202 Å². The SMILES string of the molecule is O=C1CN(C(=O)c2ccc(OCc3ccccc3)cc2Cl)c2ccccc2CN1CC(O)CO. The highest BCUT2D eigenvalue weighted by Gasteiger charge is 2.31. The molecule has 0 aliphatic carbocycles. The summed E-state index contributed by atoms with van der Waals surface area (Å²) in [6.45, 7) is -0.108. The molecule has 0 saturated heterocycles. The van der Waals surface area contributed by atoms with Crippen molar-refractivity contribution in [3.05, 3.63) is 94.5 Å². The topological polar surface area (TPSA) is 90.3 Å². The fourth-order valence-corrected chi connectivity index (χ4v) is 4.08. The van der Waals surface area contributed by atoms with Gasteiger partial charge in [-0.1, -0.05) is 60.1 Å². The van der Waals surface area contributed by atoms with Crippen LogP contribution in [0.15, 0.2) is 72.8 Å². The van der Waals surface area contributed by atoms with Crippen molar-refractivity contribution in [3.8, 4) is 5.75 Å². The average Bonchev–Trinajstić information content (AvgIpc) is 2.99. The van der Waals surface area contributed by atoms with Crippen LogP contribution in [0.25, 0.3) is 0 Å². The number of halogens is 1. The first-order valence-electron chi connectivity index (χ1n) is 10.9. The first-order valence-corrected chi connectivity index (χ1v) is 11.3. The Morgan fingerprint density at radius 1 is 1.03 bits per heavy atom. The third kappa shape index (κ3) is 5.39. The van der Waals surface area contributed by atoms with E-state index in [1.165, 1.54) is 9.80 Å². The van der Waals surface area contributed by atoms with Gasteiger partial charge in [-0.25, -0.2) is 0 Å². The van der Waals surface area contributed by atoms with E-state index in [0.717, 1.165) is 11.1 Å². The molecule has 1 aliphatic rings. The van der Waals surface area contributed by atoms with Gasteiger partial charge in [-0.3, -0.25) is 14.5 Å². The van der Waals surface area contributed by atoms with Gasteiger partial charge in [0, 0.05) is 18.8 Å². The Morgan fingerprint density at radius 3 is 2.50 bits per heavy atom. The molecule has 34 heavy (non-hydrogen) atoms. The molecule has 8 heteroatoms. The maximum Gasteiger partial charge on any atom is 0.260 e. The number of ether oxygens (including phenoxy) is 1. The molecule has 1 heterocycles. The van der Waals surface area contributed by atoms with Crippen molar-refractivity contribution >= 4 is 29.1 Å². The Balaban J connectivity index is 1.56. The van der Waals surface area contributed by atoms with Crippen LogP contribution in [0.5, 0.6) is 5.75 Å². The van der Waals surface area contributed by atoms with Crippen LogP contribution in [-0.2, 0) is 17.9 Å². The minimum Gasteiger partial charge on any atom is -0.489 e. The van der Waals surface area contributed by atoms with Crippen molar-refractivity contribution in [2.45, 2.75) is 19.3 Å². The lowest BCUT2D eigenvalue weighted by Crippen LogP contribution is -2.43. The molecule has 4 rings (SSSR count). The summed E-state index contributed by atoms with van der Waals surface area (Å²) in [7, 11) is 0. The van der Waals surface area contributed by atoms with Crippen molar-refractivity contribution in [1.29, 1.82) is 0 Å². The monoisotopic (exact) mass is 480 g/mol. The number of carbonyl (C=O) groups excluding carboxylic acids is 2. The van der Waals surface area contributed by atoms with E-state index in [1.54, 1.807) is 30.3 Å². The third-order valence-corrected chi connectivity index (χ3v) is 5.91. The lowest BCUT2D eigenvalue weighted by molar-refractivity contribution is -0.131. The molecule has 2 amide bonds. The first kappa shape index (κ1) is 23.8.